The van der Waals surface area contributed by atoms with Crippen LogP contribution in [0.5, 0.6) is 0 Å². The maximum Gasteiger partial charge on any atom is 0.246 e. The molecule has 88 valence electrons. The minimum absolute atomic E-state index is 0.0516. The lowest BCUT2D eigenvalue weighted by molar-refractivity contribution is 0.0706. The van der Waals surface area contributed by atoms with Crippen molar-refractivity contribution in [3.8, 4) is 0 Å². The Hall–Kier alpha value is -0.770. The van der Waals surface area contributed by atoms with Crippen LogP contribution in [0.4, 0.5) is 0 Å². The normalized spacial score (nSPS) is 11.4. The first kappa shape index (κ1) is 13.3. The molecule has 0 fully saturated rings. The summed E-state index contributed by atoms with van der Waals surface area (Å²) in [6.07, 6.45) is 0. The Morgan fingerprint density at radius 3 is 2.06 bits per heavy atom. The van der Waals surface area contributed by atoms with Crippen molar-refractivity contribution in [1.82, 2.24) is 5.06 Å². The number of nitrogens with zero attached hydrogens (tertiary/aromatic N) is 1. The monoisotopic (exact) mass is 260 g/mol. The summed E-state index contributed by atoms with van der Waals surface area (Å²) in [5.74, 6) is -0.719. The predicted molar refractivity (Wildman–Crippen MR) is 65.8 cm³/mol. The molecule has 0 unspecified atom stereocenters. The molecule has 1 aromatic carbocycles. The van der Waals surface area contributed by atoms with Crippen LogP contribution in [0.1, 0.15) is 31.1 Å². The molecule has 1 rings (SSSR count). The zero-order valence-electron chi connectivity index (χ0n) is 9.25. The zero-order valence-corrected chi connectivity index (χ0v) is 10.8. The Morgan fingerprint density at radius 1 is 1.25 bits per heavy atom. The number of amides is 1. The molecular weight excluding hydrogens is 249 g/mol. The van der Waals surface area contributed by atoms with Crippen molar-refractivity contribution >= 4 is 29.1 Å². The van der Waals surface area contributed by atoms with Crippen LogP contribution in [0.2, 0.25) is 10.0 Å². The Bertz CT molecular complexity index is 393. The number of halogens is 2. The van der Waals surface area contributed by atoms with E-state index in [1.165, 1.54) is 12.1 Å². The molecule has 0 atom stereocenters. The molecule has 16 heavy (non-hydrogen) atoms. The van der Waals surface area contributed by atoms with Gasteiger partial charge in [-0.1, -0.05) is 29.3 Å². The van der Waals surface area contributed by atoms with Gasteiger partial charge in [0.05, 0.1) is 15.6 Å². The van der Waals surface area contributed by atoms with Crippen LogP contribution in [-0.4, -0.2) is 16.5 Å². The topological polar surface area (TPSA) is 43.4 Å². The Labute approximate surface area is 105 Å². The van der Waals surface area contributed by atoms with Crippen LogP contribution in [0.3, 0.4) is 0 Å². The maximum atomic E-state index is 11.9. The fraction of sp³-hybridized carbons (Fsp3) is 0.364. The second-order valence-electron chi connectivity index (χ2n) is 4.37. The number of carbonyl (C=O) groups is 1. The highest BCUT2D eigenvalue weighted by Crippen LogP contribution is 2.27. The third-order valence-corrected chi connectivity index (χ3v) is 2.60. The molecule has 1 amide bonds. The van der Waals surface area contributed by atoms with E-state index < -0.39 is 11.4 Å². The minimum atomic E-state index is -0.820. The number of benzene rings is 1. The van der Waals surface area contributed by atoms with Crippen LogP contribution >= 0.6 is 23.2 Å². The molecule has 0 aliphatic rings. The molecule has 0 aromatic heterocycles. The summed E-state index contributed by atoms with van der Waals surface area (Å²) in [7, 11) is 0. The standard InChI is InChI=1S/C11H12Cl2NO2/c1-11(2,3)14(16)10(15)9-7(12)5-4-6-8(9)13/h4-6H,1-3H3/q-1. The largest absolute Gasteiger partial charge is 0.756 e. The third-order valence-electron chi connectivity index (χ3n) is 1.97. The Balaban J connectivity index is 3.16. The van der Waals surface area contributed by atoms with Crippen molar-refractivity contribution in [3.05, 3.63) is 39.0 Å². The molecule has 0 aliphatic heterocycles. The van der Waals surface area contributed by atoms with E-state index in [0.717, 1.165) is 0 Å². The second-order valence-corrected chi connectivity index (χ2v) is 5.18. The lowest BCUT2D eigenvalue weighted by Crippen LogP contribution is -2.41. The van der Waals surface area contributed by atoms with Gasteiger partial charge in [-0.15, -0.1) is 0 Å². The first-order valence-electron chi connectivity index (χ1n) is 4.71. The quantitative estimate of drug-likeness (QED) is 0.723. The highest BCUT2D eigenvalue weighted by molar-refractivity contribution is 6.39. The second kappa shape index (κ2) is 4.62. The number of hydrogen-bond donors (Lipinski definition) is 0. The first-order chi connectivity index (χ1) is 7.25. The fourth-order valence-corrected chi connectivity index (χ4v) is 1.67. The van der Waals surface area contributed by atoms with Gasteiger partial charge in [0.1, 0.15) is 0 Å². The van der Waals surface area contributed by atoms with E-state index in [1.54, 1.807) is 26.8 Å². The van der Waals surface area contributed by atoms with Gasteiger partial charge in [0.25, 0.3) is 0 Å². The summed E-state index contributed by atoms with van der Waals surface area (Å²) in [6.45, 7) is 4.92. The van der Waals surface area contributed by atoms with Gasteiger partial charge in [-0.2, -0.15) is 0 Å². The van der Waals surface area contributed by atoms with E-state index in [4.69, 9.17) is 23.2 Å². The van der Waals surface area contributed by atoms with Gasteiger partial charge in [0.2, 0.25) is 5.91 Å². The Morgan fingerprint density at radius 2 is 1.69 bits per heavy atom. The fourth-order valence-electron chi connectivity index (χ4n) is 1.11. The van der Waals surface area contributed by atoms with Crippen molar-refractivity contribution in [2.45, 2.75) is 26.3 Å². The van der Waals surface area contributed by atoms with E-state index in [1.807, 2.05) is 0 Å². The van der Waals surface area contributed by atoms with Crippen molar-refractivity contribution in [2.24, 2.45) is 0 Å². The van der Waals surface area contributed by atoms with Crippen LogP contribution in [-0.2, 0) is 0 Å². The zero-order chi connectivity index (χ0) is 12.5. The summed E-state index contributed by atoms with van der Waals surface area (Å²) in [4.78, 5) is 11.9. The van der Waals surface area contributed by atoms with Gasteiger partial charge in [-0.25, -0.2) is 0 Å². The van der Waals surface area contributed by atoms with Gasteiger partial charge in [0.15, 0.2) is 0 Å². The van der Waals surface area contributed by atoms with Crippen molar-refractivity contribution in [2.75, 3.05) is 0 Å². The molecule has 0 aliphatic carbocycles. The average Bonchev–Trinajstić information content (AvgIpc) is 2.14. The molecule has 3 nitrogen and oxygen atoms in total. The summed E-state index contributed by atoms with van der Waals surface area (Å²) < 4.78 is 0. The molecule has 0 spiro atoms. The lowest BCUT2D eigenvalue weighted by atomic mass is 10.1. The van der Waals surface area contributed by atoms with Crippen LogP contribution in [0, 0.1) is 5.21 Å². The number of hydrogen-bond acceptors (Lipinski definition) is 2. The number of carbonyl (C=O) groups excluding carboxylic acids is 1. The van der Waals surface area contributed by atoms with E-state index in [-0.39, 0.29) is 15.6 Å². The van der Waals surface area contributed by atoms with Crippen molar-refractivity contribution in [1.29, 1.82) is 0 Å². The molecule has 0 bridgehead atoms. The molecule has 0 N–H and O–H groups in total. The number of rotatable bonds is 1. The van der Waals surface area contributed by atoms with Gasteiger partial charge < -0.3 is 10.3 Å². The Kier molecular flexibility index (Phi) is 3.84. The van der Waals surface area contributed by atoms with Gasteiger partial charge >= 0.3 is 0 Å². The molecule has 0 saturated heterocycles. The van der Waals surface area contributed by atoms with E-state index in [9.17, 15) is 10.0 Å². The van der Waals surface area contributed by atoms with E-state index in [2.05, 4.69) is 0 Å². The first-order valence-corrected chi connectivity index (χ1v) is 5.46. The maximum absolute atomic E-state index is 11.9. The highest BCUT2D eigenvalue weighted by atomic mass is 35.5. The SMILES string of the molecule is CC(C)(C)N([O-])C(=O)c1c(Cl)cccc1Cl. The summed E-state index contributed by atoms with van der Waals surface area (Å²) >= 11 is 11.7. The smallest absolute Gasteiger partial charge is 0.246 e. The van der Waals surface area contributed by atoms with Crippen LogP contribution < -0.4 is 0 Å². The van der Waals surface area contributed by atoms with Gasteiger partial charge in [-0.05, 0) is 32.9 Å². The van der Waals surface area contributed by atoms with E-state index >= 15 is 0 Å². The molecule has 0 heterocycles. The lowest BCUT2D eigenvalue weighted by Gasteiger charge is -2.41. The summed E-state index contributed by atoms with van der Waals surface area (Å²) in [6, 6.07) is 4.67. The van der Waals surface area contributed by atoms with Crippen molar-refractivity contribution < 1.29 is 4.79 Å². The average molecular weight is 261 g/mol. The third kappa shape index (κ3) is 2.67. The molecule has 0 radical (unpaired) electrons. The molecule has 1 aromatic rings. The predicted octanol–water partition coefficient (Wildman–Crippen LogP) is 3.73. The molecule has 5 heteroatoms. The minimum Gasteiger partial charge on any atom is -0.756 e. The van der Waals surface area contributed by atoms with Crippen molar-refractivity contribution in [3.63, 3.8) is 0 Å². The van der Waals surface area contributed by atoms with Gasteiger partial charge in [-0.3, -0.25) is 4.79 Å². The summed E-state index contributed by atoms with van der Waals surface area (Å²) in [5.41, 5.74) is -0.768. The van der Waals surface area contributed by atoms with E-state index in [0.29, 0.717) is 5.06 Å². The molecule has 0 saturated carbocycles. The molecular formula is C11H12Cl2NO2-. The van der Waals surface area contributed by atoms with Gasteiger partial charge in [0, 0.05) is 5.54 Å². The van der Waals surface area contributed by atoms with Crippen LogP contribution in [0.25, 0.3) is 0 Å². The highest BCUT2D eigenvalue weighted by Gasteiger charge is 2.22. The number of hydroxylamine groups is 2. The summed E-state index contributed by atoms with van der Waals surface area (Å²) in [5, 5.41) is 12.5. The van der Waals surface area contributed by atoms with Crippen LogP contribution in [0.15, 0.2) is 18.2 Å².